The summed E-state index contributed by atoms with van der Waals surface area (Å²) in [5.41, 5.74) is 1.76. The highest BCUT2D eigenvalue weighted by atomic mass is 19.1. The summed E-state index contributed by atoms with van der Waals surface area (Å²) in [7, 11) is 0. The Morgan fingerprint density at radius 3 is 3.13 bits per heavy atom. The van der Waals surface area contributed by atoms with Crippen LogP contribution in [0.25, 0.3) is 11.2 Å². The molecule has 2 aromatic rings. The van der Waals surface area contributed by atoms with E-state index < -0.39 is 6.08 Å². The van der Waals surface area contributed by atoms with Crippen LogP contribution >= 0.6 is 0 Å². The maximum atomic E-state index is 13.8. The zero-order valence-corrected chi connectivity index (χ0v) is 13.0. The van der Waals surface area contributed by atoms with Crippen LogP contribution in [0.1, 0.15) is 32.4 Å². The largest absolute Gasteiger partial charge is 0.392 e. The maximum Gasteiger partial charge on any atom is 0.312 e. The van der Waals surface area contributed by atoms with Crippen LogP contribution in [0.5, 0.6) is 0 Å². The molecule has 23 heavy (non-hydrogen) atoms. The number of aromatic nitrogens is 4. The lowest BCUT2D eigenvalue weighted by Crippen LogP contribution is -2.18. The van der Waals surface area contributed by atoms with E-state index in [2.05, 4.69) is 20.3 Å². The normalized spacial score (nSPS) is 19.3. The molecular formula is C15H20FN5O2. The van der Waals surface area contributed by atoms with E-state index in [4.69, 9.17) is 9.84 Å². The molecule has 7 nitrogen and oxygen atoms in total. The van der Waals surface area contributed by atoms with Crippen LogP contribution in [0.2, 0.25) is 0 Å². The lowest BCUT2D eigenvalue weighted by atomic mass is 10.2. The van der Waals surface area contributed by atoms with Crippen LogP contribution < -0.4 is 5.32 Å². The van der Waals surface area contributed by atoms with Gasteiger partial charge in [0.2, 0.25) is 0 Å². The fourth-order valence-corrected chi connectivity index (χ4v) is 2.55. The molecular weight excluding hydrogens is 301 g/mol. The van der Waals surface area contributed by atoms with Gasteiger partial charge in [-0.05, 0) is 26.2 Å². The number of imidazole rings is 1. The molecule has 0 amide bonds. The molecule has 1 fully saturated rings. The summed E-state index contributed by atoms with van der Waals surface area (Å²) >= 11 is 0. The van der Waals surface area contributed by atoms with Gasteiger partial charge in [0.25, 0.3) is 0 Å². The van der Waals surface area contributed by atoms with Crippen molar-refractivity contribution in [2.24, 2.45) is 0 Å². The number of rotatable bonds is 5. The van der Waals surface area contributed by atoms with Gasteiger partial charge in [-0.25, -0.2) is 4.98 Å². The minimum Gasteiger partial charge on any atom is -0.392 e. The lowest BCUT2D eigenvalue weighted by Gasteiger charge is -2.23. The van der Waals surface area contributed by atoms with Crippen molar-refractivity contribution in [1.29, 1.82) is 0 Å². The van der Waals surface area contributed by atoms with E-state index in [1.807, 2.05) is 13.0 Å². The number of hydrogen-bond donors (Lipinski definition) is 2. The first-order valence-corrected chi connectivity index (χ1v) is 7.71. The number of aliphatic hydroxyl groups excluding tert-OH is 1. The number of anilines is 1. The molecule has 1 atom stereocenters. The minimum absolute atomic E-state index is 0.0110. The van der Waals surface area contributed by atoms with Crippen LogP contribution in [0.15, 0.2) is 18.0 Å². The second-order valence-electron chi connectivity index (χ2n) is 5.58. The Kier molecular flexibility index (Phi) is 4.82. The Bertz CT molecular complexity index is 709. The summed E-state index contributed by atoms with van der Waals surface area (Å²) in [5.74, 6) is 0.337. The molecule has 124 valence electrons. The summed E-state index contributed by atoms with van der Waals surface area (Å²) in [6.45, 7) is 2.91. The first kappa shape index (κ1) is 15.8. The molecule has 1 unspecified atom stereocenters. The Balaban J connectivity index is 1.89. The molecule has 0 bridgehead atoms. The van der Waals surface area contributed by atoms with Crippen molar-refractivity contribution in [3.8, 4) is 0 Å². The number of hydrogen-bond acceptors (Lipinski definition) is 6. The molecule has 1 saturated heterocycles. The van der Waals surface area contributed by atoms with E-state index >= 15 is 0 Å². The van der Waals surface area contributed by atoms with Gasteiger partial charge in [-0.3, -0.25) is 4.57 Å². The standard InChI is InChI=1S/C15H20FN5O2/c1-10(8-22)5-6-17-13-12-14(20-15(16)19-13)21(9-18-12)11-4-2-3-7-23-11/h5,9,11,22H,2-4,6-8H2,1H3,(H,17,19,20)/b10-5-. The van der Waals surface area contributed by atoms with E-state index in [1.165, 1.54) is 0 Å². The third-order valence-electron chi connectivity index (χ3n) is 3.83. The van der Waals surface area contributed by atoms with Gasteiger partial charge in [0.1, 0.15) is 6.23 Å². The number of ether oxygens (including phenoxy) is 1. The van der Waals surface area contributed by atoms with E-state index in [9.17, 15) is 4.39 Å². The molecule has 3 heterocycles. The summed E-state index contributed by atoms with van der Waals surface area (Å²) in [6.07, 6.45) is 5.43. The number of aliphatic hydroxyl groups is 1. The van der Waals surface area contributed by atoms with E-state index in [0.29, 0.717) is 30.1 Å². The zero-order valence-electron chi connectivity index (χ0n) is 13.0. The van der Waals surface area contributed by atoms with Crippen LogP contribution in [0.4, 0.5) is 10.2 Å². The molecule has 3 rings (SSSR count). The zero-order chi connectivity index (χ0) is 16.2. The Hall–Kier alpha value is -2.06. The lowest BCUT2D eigenvalue weighted by molar-refractivity contribution is -0.0298. The highest BCUT2D eigenvalue weighted by molar-refractivity contribution is 5.82. The molecule has 1 aliphatic heterocycles. The Morgan fingerprint density at radius 2 is 2.39 bits per heavy atom. The van der Waals surface area contributed by atoms with Crippen molar-refractivity contribution in [2.45, 2.75) is 32.4 Å². The fourth-order valence-electron chi connectivity index (χ4n) is 2.55. The van der Waals surface area contributed by atoms with Gasteiger partial charge in [0, 0.05) is 13.2 Å². The molecule has 0 saturated carbocycles. The molecule has 2 N–H and O–H groups in total. The number of nitrogens with one attached hydrogen (secondary N) is 1. The second-order valence-corrected chi connectivity index (χ2v) is 5.58. The predicted molar refractivity (Wildman–Crippen MR) is 83.5 cm³/mol. The average molecular weight is 321 g/mol. The van der Waals surface area contributed by atoms with Crippen molar-refractivity contribution in [2.75, 3.05) is 25.1 Å². The Labute approximate surface area is 133 Å². The quantitative estimate of drug-likeness (QED) is 0.647. The van der Waals surface area contributed by atoms with E-state index in [0.717, 1.165) is 24.8 Å². The van der Waals surface area contributed by atoms with Gasteiger partial charge in [-0.2, -0.15) is 14.4 Å². The van der Waals surface area contributed by atoms with E-state index in [1.54, 1.807) is 10.9 Å². The highest BCUT2D eigenvalue weighted by Crippen LogP contribution is 2.27. The van der Waals surface area contributed by atoms with Gasteiger partial charge in [0.05, 0.1) is 12.9 Å². The second kappa shape index (κ2) is 7.01. The molecule has 2 aromatic heterocycles. The van der Waals surface area contributed by atoms with Crippen LogP contribution in [0, 0.1) is 6.08 Å². The van der Waals surface area contributed by atoms with Crippen molar-refractivity contribution in [1.82, 2.24) is 19.5 Å². The Morgan fingerprint density at radius 1 is 1.52 bits per heavy atom. The topological polar surface area (TPSA) is 85.1 Å². The van der Waals surface area contributed by atoms with Gasteiger partial charge < -0.3 is 15.2 Å². The van der Waals surface area contributed by atoms with Crippen LogP contribution in [-0.4, -0.2) is 44.4 Å². The molecule has 0 aliphatic carbocycles. The molecule has 8 heteroatoms. The maximum absolute atomic E-state index is 13.8. The van der Waals surface area contributed by atoms with E-state index in [-0.39, 0.29) is 12.8 Å². The van der Waals surface area contributed by atoms with Crippen molar-refractivity contribution < 1.29 is 14.2 Å². The van der Waals surface area contributed by atoms with Crippen LogP contribution in [-0.2, 0) is 4.74 Å². The number of nitrogens with zero attached hydrogens (tertiary/aromatic N) is 4. The third kappa shape index (κ3) is 3.48. The van der Waals surface area contributed by atoms with Gasteiger partial charge in [0.15, 0.2) is 17.0 Å². The minimum atomic E-state index is -0.805. The summed E-state index contributed by atoms with van der Waals surface area (Å²) in [4.78, 5) is 12.0. The van der Waals surface area contributed by atoms with Gasteiger partial charge in [-0.1, -0.05) is 11.6 Å². The average Bonchev–Trinajstić information content (AvgIpc) is 2.99. The van der Waals surface area contributed by atoms with Crippen molar-refractivity contribution >= 4 is 17.0 Å². The molecule has 0 radical (unpaired) electrons. The number of halogens is 1. The first-order chi connectivity index (χ1) is 11.2. The van der Waals surface area contributed by atoms with Gasteiger partial charge in [-0.15, -0.1) is 0 Å². The molecule has 1 aliphatic rings. The first-order valence-electron chi connectivity index (χ1n) is 7.71. The van der Waals surface area contributed by atoms with Crippen molar-refractivity contribution in [3.05, 3.63) is 24.1 Å². The third-order valence-corrected chi connectivity index (χ3v) is 3.83. The summed E-state index contributed by atoms with van der Waals surface area (Å²) in [5, 5.41) is 12.0. The summed E-state index contributed by atoms with van der Waals surface area (Å²) < 4.78 is 21.3. The molecule has 0 spiro atoms. The van der Waals surface area contributed by atoms with Gasteiger partial charge >= 0.3 is 6.08 Å². The van der Waals surface area contributed by atoms with Crippen molar-refractivity contribution in [3.63, 3.8) is 0 Å². The monoisotopic (exact) mass is 321 g/mol. The highest BCUT2D eigenvalue weighted by Gasteiger charge is 2.21. The molecule has 0 aromatic carbocycles. The smallest absolute Gasteiger partial charge is 0.312 e. The SMILES string of the molecule is C/C(=C/CNc1nc(F)nc2c1ncn2C1CCCCO1)CO. The predicted octanol–water partition coefficient (Wildman–Crippen LogP) is 2.02. The number of fused-ring (bicyclic) bond motifs is 1. The fraction of sp³-hybridized carbons (Fsp3) is 0.533. The van der Waals surface area contributed by atoms with Crippen LogP contribution in [0.3, 0.4) is 0 Å². The summed E-state index contributed by atoms with van der Waals surface area (Å²) in [6, 6.07) is 0.